The lowest BCUT2D eigenvalue weighted by atomic mass is 10.2. The number of aromatic nitrogens is 1. The first kappa shape index (κ1) is 16.1. The molecule has 1 N–H and O–H groups in total. The molecule has 1 amide bonds. The third kappa shape index (κ3) is 7.51. The highest BCUT2D eigenvalue weighted by atomic mass is 16.6. The Morgan fingerprint density at radius 1 is 1.20 bits per heavy atom. The molecule has 1 rings (SSSR count). The third-order valence-corrected chi connectivity index (χ3v) is 2.46. The maximum Gasteiger partial charge on any atom is 0.306 e. The molecule has 0 aliphatic heterocycles. The first-order valence-electron chi connectivity index (χ1n) is 6.74. The largest absolute Gasteiger partial charge is 0.460 e. The first-order chi connectivity index (χ1) is 9.37. The van der Waals surface area contributed by atoms with Gasteiger partial charge in [-0.2, -0.15) is 0 Å². The Labute approximate surface area is 119 Å². The molecule has 5 heteroatoms. The zero-order chi connectivity index (χ0) is 15.0. The van der Waals surface area contributed by atoms with Crippen molar-refractivity contribution >= 4 is 11.9 Å². The fourth-order valence-electron chi connectivity index (χ4n) is 1.59. The van der Waals surface area contributed by atoms with Crippen molar-refractivity contribution in [3.8, 4) is 0 Å². The Morgan fingerprint density at radius 2 is 1.85 bits per heavy atom. The van der Waals surface area contributed by atoms with Gasteiger partial charge in [0.25, 0.3) is 0 Å². The van der Waals surface area contributed by atoms with E-state index in [1.807, 2.05) is 12.1 Å². The SMILES string of the molecule is CC(C)(C)OC(=O)CCC(=O)NCCc1ccncc1. The maximum atomic E-state index is 11.6. The number of nitrogens with zero attached hydrogens (tertiary/aromatic N) is 1. The molecule has 0 bridgehead atoms. The van der Waals surface area contributed by atoms with Gasteiger partial charge >= 0.3 is 5.97 Å². The van der Waals surface area contributed by atoms with E-state index in [-0.39, 0.29) is 24.7 Å². The topological polar surface area (TPSA) is 68.3 Å². The van der Waals surface area contributed by atoms with Crippen LogP contribution in [0.15, 0.2) is 24.5 Å². The van der Waals surface area contributed by atoms with Crippen molar-refractivity contribution in [3.63, 3.8) is 0 Å². The molecular formula is C15H22N2O3. The minimum atomic E-state index is -0.505. The van der Waals surface area contributed by atoms with Crippen molar-refractivity contribution in [2.24, 2.45) is 0 Å². The summed E-state index contributed by atoms with van der Waals surface area (Å²) in [5, 5.41) is 2.78. The molecule has 0 saturated carbocycles. The van der Waals surface area contributed by atoms with E-state index in [4.69, 9.17) is 4.74 Å². The van der Waals surface area contributed by atoms with Crippen molar-refractivity contribution in [1.29, 1.82) is 0 Å². The number of pyridine rings is 1. The van der Waals surface area contributed by atoms with Crippen LogP contribution in [0.3, 0.4) is 0 Å². The number of carbonyl (C=O) groups excluding carboxylic acids is 2. The minimum Gasteiger partial charge on any atom is -0.460 e. The molecule has 1 aromatic rings. The Bertz CT molecular complexity index is 438. The quantitative estimate of drug-likeness (QED) is 0.806. The number of ether oxygens (including phenoxy) is 1. The van der Waals surface area contributed by atoms with Crippen molar-refractivity contribution in [1.82, 2.24) is 10.3 Å². The molecule has 5 nitrogen and oxygen atoms in total. The summed E-state index contributed by atoms with van der Waals surface area (Å²) in [4.78, 5) is 26.9. The fraction of sp³-hybridized carbons (Fsp3) is 0.533. The van der Waals surface area contributed by atoms with Crippen LogP contribution in [0.5, 0.6) is 0 Å². The van der Waals surface area contributed by atoms with E-state index in [2.05, 4.69) is 10.3 Å². The number of hydrogen-bond donors (Lipinski definition) is 1. The number of carbonyl (C=O) groups is 2. The van der Waals surface area contributed by atoms with Crippen LogP contribution < -0.4 is 5.32 Å². The van der Waals surface area contributed by atoms with Gasteiger partial charge in [0, 0.05) is 25.4 Å². The second-order valence-electron chi connectivity index (χ2n) is 5.54. The molecule has 0 unspecified atom stereocenters. The van der Waals surface area contributed by atoms with Crippen molar-refractivity contribution in [3.05, 3.63) is 30.1 Å². The standard InChI is InChI=1S/C15H22N2O3/c1-15(2,3)20-14(19)5-4-13(18)17-11-8-12-6-9-16-10-7-12/h6-7,9-10H,4-5,8,11H2,1-3H3,(H,17,18). The third-order valence-electron chi connectivity index (χ3n) is 2.46. The second kappa shape index (κ2) is 7.62. The molecule has 20 heavy (non-hydrogen) atoms. The molecule has 1 heterocycles. The average Bonchev–Trinajstić information content (AvgIpc) is 2.36. The van der Waals surface area contributed by atoms with Crippen LogP contribution in [-0.2, 0) is 20.7 Å². The van der Waals surface area contributed by atoms with Crippen molar-refractivity contribution < 1.29 is 14.3 Å². The first-order valence-corrected chi connectivity index (χ1v) is 6.74. The van der Waals surface area contributed by atoms with Gasteiger partial charge in [-0.25, -0.2) is 0 Å². The number of nitrogens with one attached hydrogen (secondary N) is 1. The van der Waals surface area contributed by atoms with Crippen LogP contribution in [-0.4, -0.2) is 29.0 Å². The summed E-state index contributed by atoms with van der Waals surface area (Å²) in [6.45, 7) is 5.97. The van der Waals surface area contributed by atoms with E-state index < -0.39 is 5.60 Å². The molecule has 110 valence electrons. The molecule has 0 radical (unpaired) electrons. The lowest BCUT2D eigenvalue weighted by Gasteiger charge is -2.19. The molecule has 0 atom stereocenters. The van der Waals surface area contributed by atoms with Gasteiger partial charge in [0.1, 0.15) is 5.60 Å². The molecule has 0 fully saturated rings. The summed E-state index contributed by atoms with van der Waals surface area (Å²) >= 11 is 0. The zero-order valence-electron chi connectivity index (χ0n) is 12.3. The number of amides is 1. The monoisotopic (exact) mass is 278 g/mol. The van der Waals surface area contributed by atoms with Gasteiger partial charge in [-0.3, -0.25) is 14.6 Å². The van der Waals surface area contributed by atoms with Crippen LogP contribution in [0.1, 0.15) is 39.2 Å². The van der Waals surface area contributed by atoms with E-state index in [1.165, 1.54) is 0 Å². The maximum absolute atomic E-state index is 11.6. The van der Waals surface area contributed by atoms with Gasteiger partial charge < -0.3 is 10.1 Å². The molecule has 0 aliphatic rings. The molecule has 1 aromatic heterocycles. The predicted molar refractivity (Wildman–Crippen MR) is 76.0 cm³/mol. The summed E-state index contributed by atoms with van der Waals surface area (Å²) in [7, 11) is 0. The minimum absolute atomic E-state index is 0.109. The number of rotatable bonds is 6. The summed E-state index contributed by atoms with van der Waals surface area (Å²) in [5.41, 5.74) is 0.613. The zero-order valence-corrected chi connectivity index (χ0v) is 12.3. The van der Waals surface area contributed by atoms with E-state index in [0.29, 0.717) is 6.54 Å². The summed E-state index contributed by atoms with van der Waals surface area (Å²) < 4.78 is 5.14. The van der Waals surface area contributed by atoms with E-state index >= 15 is 0 Å². The molecule has 0 saturated heterocycles. The molecule has 0 aromatic carbocycles. The van der Waals surface area contributed by atoms with Gasteiger partial charge in [-0.05, 0) is 44.9 Å². The second-order valence-corrected chi connectivity index (χ2v) is 5.54. The Balaban J connectivity index is 2.16. The van der Waals surface area contributed by atoms with Crippen LogP contribution in [0, 0.1) is 0 Å². The van der Waals surface area contributed by atoms with E-state index in [1.54, 1.807) is 33.2 Å². The smallest absolute Gasteiger partial charge is 0.306 e. The van der Waals surface area contributed by atoms with Gasteiger partial charge in [0.2, 0.25) is 5.91 Å². The van der Waals surface area contributed by atoms with Gasteiger partial charge in [-0.1, -0.05) is 0 Å². The summed E-state index contributed by atoms with van der Waals surface area (Å²) in [5.74, 6) is -0.480. The molecule has 0 aliphatic carbocycles. The van der Waals surface area contributed by atoms with Crippen molar-refractivity contribution in [2.45, 2.75) is 45.6 Å². The lowest BCUT2D eigenvalue weighted by Crippen LogP contribution is -2.28. The Hall–Kier alpha value is -1.91. The summed E-state index contributed by atoms with van der Waals surface area (Å²) in [6.07, 6.45) is 4.46. The molecular weight excluding hydrogens is 256 g/mol. The van der Waals surface area contributed by atoms with Crippen LogP contribution in [0.2, 0.25) is 0 Å². The highest BCUT2D eigenvalue weighted by Crippen LogP contribution is 2.09. The predicted octanol–water partition coefficient (Wildman–Crippen LogP) is 1.86. The van der Waals surface area contributed by atoms with E-state index in [0.717, 1.165) is 12.0 Å². The van der Waals surface area contributed by atoms with Gasteiger partial charge in [-0.15, -0.1) is 0 Å². The number of hydrogen-bond acceptors (Lipinski definition) is 4. The van der Waals surface area contributed by atoms with Crippen LogP contribution in [0.4, 0.5) is 0 Å². The highest BCUT2D eigenvalue weighted by Gasteiger charge is 2.16. The van der Waals surface area contributed by atoms with Crippen LogP contribution >= 0.6 is 0 Å². The van der Waals surface area contributed by atoms with Gasteiger partial charge in [0.15, 0.2) is 0 Å². The van der Waals surface area contributed by atoms with Crippen LogP contribution in [0.25, 0.3) is 0 Å². The summed E-state index contributed by atoms with van der Waals surface area (Å²) in [6, 6.07) is 3.82. The Morgan fingerprint density at radius 3 is 2.45 bits per heavy atom. The Kier molecular flexibility index (Phi) is 6.15. The highest BCUT2D eigenvalue weighted by molar-refractivity contribution is 5.81. The lowest BCUT2D eigenvalue weighted by molar-refractivity contribution is -0.155. The van der Waals surface area contributed by atoms with Gasteiger partial charge in [0.05, 0.1) is 6.42 Å². The van der Waals surface area contributed by atoms with Crippen molar-refractivity contribution in [2.75, 3.05) is 6.54 Å². The molecule has 0 spiro atoms. The normalized spacial score (nSPS) is 10.9. The van der Waals surface area contributed by atoms with E-state index in [9.17, 15) is 9.59 Å². The fourth-order valence-corrected chi connectivity index (χ4v) is 1.59. The average molecular weight is 278 g/mol. The number of esters is 1.